The SMILES string of the molecule is Cc1ccc(Cc2cc(C)nc(C3CN(Cc4cn(C)nc4C)CCO3)c2)cc1. The fraction of sp³-hybridized carbons (Fsp3) is 0.417. The maximum Gasteiger partial charge on any atom is 0.112 e. The quantitative estimate of drug-likeness (QED) is 0.663. The molecule has 1 aliphatic heterocycles. The molecule has 1 unspecified atom stereocenters. The number of benzene rings is 1. The molecular weight excluding hydrogens is 360 g/mol. The van der Waals surface area contributed by atoms with E-state index < -0.39 is 0 Å². The lowest BCUT2D eigenvalue weighted by Gasteiger charge is -2.32. The highest BCUT2D eigenvalue weighted by Crippen LogP contribution is 2.24. The number of aryl methyl sites for hydroxylation is 4. The first-order valence-electron chi connectivity index (χ1n) is 10.3. The van der Waals surface area contributed by atoms with Crippen LogP contribution >= 0.6 is 0 Å². The number of hydrogen-bond acceptors (Lipinski definition) is 4. The second-order valence-electron chi connectivity index (χ2n) is 8.21. The highest BCUT2D eigenvalue weighted by molar-refractivity contribution is 5.31. The van der Waals surface area contributed by atoms with Crippen molar-refractivity contribution in [2.24, 2.45) is 7.05 Å². The van der Waals surface area contributed by atoms with Crippen LogP contribution in [0.1, 0.15) is 45.4 Å². The van der Waals surface area contributed by atoms with Crippen molar-refractivity contribution in [3.05, 3.63) is 81.9 Å². The molecule has 0 aliphatic carbocycles. The number of aromatic nitrogens is 3. The van der Waals surface area contributed by atoms with Gasteiger partial charge in [-0.1, -0.05) is 29.8 Å². The van der Waals surface area contributed by atoms with Crippen LogP contribution in [0.4, 0.5) is 0 Å². The smallest absolute Gasteiger partial charge is 0.112 e. The highest BCUT2D eigenvalue weighted by Gasteiger charge is 2.24. The minimum atomic E-state index is 0.0115. The van der Waals surface area contributed by atoms with Gasteiger partial charge in [-0.05, 0) is 50.5 Å². The third-order valence-electron chi connectivity index (χ3n) is 5.55. The lowest BCUT2D eigenvalue weighted by molar-refractivity contribution is -0.0351. The molecule has 152 valence electrons. The van der Waals surface area contributed by atoms with Crippen molar-refractivity contribution in [2.45, 2.75) is 39.8 Å². The van der Waals surface area contributed by atoms with Gasteiger partial charge in [0.25, 0.3) is 0 Å². The summed E-state index contributed by atoms with van der Waals surface area (Å²) in [5.74, 6) is 0. The van der Waals surface area contributed by atoms with E-state index in [2.05, 4.69) is 73.4 Å². The highest BCUT2D eigenvalue weighted by atomic mass is 16.5. The van der Waals surface area contributed by atoms with Crippen molar-refractivity contribution < 1.29 is 4.74 Å². The van der Waals surface area contributed by atoms with Crippen molar-refractivity contribution in [1.29, 1.82) is 0 Å². The molecule has 1 saturated heterocycles. The Morgan fingerprint density at radius 3 is 2.59 bits per heavy atom. The molecule has 3 aromatic rings. The minimum absolute atomic E-state index is 0.0115. The number of morpholine rings is 1. The molecule has 0 saturated carbocycles. The van der Waals surface area contributed by atoms with Crippen LogP contribution in [0, 0.1) is 20.8 Å². The number of pyridine rings is 1. The molecule has 0 radical (unpaired) electrons. The summed E-state index contributed by atoms with van der Waals surface area (Å²) in [6.45, 7) is 9.70. The summed E-state index contributed by atoms with van der Waals surface area (Å²) in [5.41, 5.74) is 8.38. The minimum Gasteiger partial charge on any atom is -0.369 e. The lowest BCUT2D eigenvalue weighted by atomic mass is 10.0. The second-order valence-corrected chi connectivity index (χ2v) is 8.21. The molecule has 1 atom stereocenters. The predicted octanol–water partition coefficient (Wildman–Crippen LogP) is 3.90. The van der Waals surface area contributed by atoms with Crippen LogP contribution < -0.4 is 0 Å². The summed E-state index contributed by atoms with van der Waals surface area (Å²) >= 11 is 0. The van der Waals surface area contributed by atoms with Crippen LogP contribution in [0.5, 0.6) is 0 Å². The van der Waals surface area contributed by atoms with Crippen molar-refractivity contribution in [3.63, 3.8) is 0 Å². The Hall–Kier alpha value is -2.50. The van der Waals surface area contributed by atoms with Gasteiger partial charge in [0, 0.05) is 44.1 Å². The van der Waals surface area contributed by atoms with Gasteiger partial charge in [-0.3, -0.25) is 14.6 Å². The van der Waals surface area contributed by atoms with E-state index in [4.69, 9.17) is 9.72 Å². The maximum absolute atomic E-state index is 6.12. The zero-order valence-electron chi connectivity index (χ0n) is 17.9. The molecule has 1 aliphatic rings. The molecule has 0 amide bonds. The summed E-state index contributed by atoms with van der Waals surface area (Å²) in [7, 11) is 1.98. The van der Waals surface area contributed by atoms with Gasteiger partial charge in [-0.2, -0.15) is 5.10 Å². The number of nitrogens with zero attached hydrogens (tertiary/aromatic N) is 4. The molecule has 1 fully saturated rings. The molecule has 4 rings (SSSR count). The largest absolute Gasteiger partial charge is 0.369 e. The van der Waals surface area contributed by atoms with Gasteiger partial charge in [0.15, 0.2) is 0 Å². The summed E-state index contributed by atoms with van der Waals surface area (Å²) < 4.78 is 8.01. The van der Waals surface area contributed by atoms with Gasteiger partial charge >= 0.3 is 0 Å². The van der Waals surface area contributed by atoms with Gasteiger partial charge in [0.05, 0.1) is 18.0 Å². The standard InChI is InChI=1S/C24H30N4O/c1-17-5-7-20(8-6-17)12-21-11-18(2)25-23(13-21)24-16-28(9-10-29-24)15-22-14-27(4)26-19(22)3/h5-8,11,13-14,24H,9-10,12,15-16H2,1-4H3. The van der Waals surface area contributed by atoms with Gasteiger partial charge in [-0.25, -0.2) is 0 Å². The summed E-state index contributed by atoms with van der Waals surface area (Å²) in [4.78, 5) is 7.25. The van der Waals surface area contributed by atoms with E-state index in [9.17, 15) is 0 Å². The predicted molar refractivity (Wildman–Crippen MR) is 115 cm³/mol. The fourth-order valence-corrected chi connectivity index (χ4v) is 4.05. The molecule has 1 aromatic carbocycles. The van der Waals surface area contributed by atoms with E-state index in [-0.39, 0.29) is 6.10 Å². The van der Waals surface area contributed by atoms with Crippen molar-refractivity contribution >= 4 is 0 Å². The van der Waals surface area contributed by atoms with Gasteiger partial charge < -0.3 is 4.74 Å². The lowest BCUT2D eigenvalue weighted by Crippen LogP contribution is -2.38. The van der Waals surface area contributed by atoms with Crippen LogP contribution in [-0.2, 0) is 24.8 Å². The van der Waals surface area contributed by atoms with Gasteiger partial charge in [0.2, 0.25) is 0 Å². The van der Waals surface area contributed by atoms with E-state index in [0.29, 0.717) is 0 Å². The summed E-state index contributed by atoms with van der Waals surface area (Å²) in [6.07, 6.45) is 3.05. The average Bonchev–Trinajstić information content (AvgIpc) is 3.00. The first kappa shape index (κ1) is 19.8. The van der Waals surface area contributed by atoms with Crippen LogP contribution in [-0.4, -0.2) is 39.4 Å². The maximum atomic E-state index is 6.12. The Bertz CT molecular complexity index is 977. The third kappa shape index (κ3) is 4.92. The molecule has 0 spiro atoms. The fourth-order valence-electron chi connectivity index (χ4n) is 4.05. The van der Waals surface area contributed by atoms with Gasteiger partial charge in [0.1, 0.15) is 6.10 Å². The van der Waals surface area contributed by atoms with Crippen LogP contribution in [0.15, 0.2) is 42.6 Å². The Morgan fingerprint density at radius 1 is 1.07 bits per heavy atom. The Labute approximate surface area is 173 Å². The number of hydrogen-bond donors (Lipinski definition) is 0. The molecule has 5 nitrogen and oxygen atoms in total. The van der Waals surface area contributed by atoms with E-state index in [1.807, 2.05) is 11.7 Å². The third-order valence-corrected chi connectivity index (χ3v) is 5.55. The average molecular weight is 391 g/mol. The molecule has 3 heterocycles. The first-order valence-corrected chi connectivity index (χ1v) is 10.3. The Kier molecular flexibility index (Phi) is 5.79. The summed E-state index contributed by atoms with van der Waals surface area (Å²) in [5, 5.41) is 4.47. The first-order chi connectivity index (χ1) is 14.0. The monoisotopic (exact) mass is 390 g/mol. The molecule has 0 N–H and O–H groups in total. The normalized spacial score (nSPS) is 17.6. The molecule has 2 aromatic heterocycles. The van der Waals surface area contributed by atoms with Crippen molar-refractivity contribution in [3.8, 4) is 0 Å². The van der Waals surface area contributed by atoms with Crippen molar-refractivity contribution in [2.75, 3.05) is 19.7 Å². The van der Waals surface area contributed by atoms with Crippen molar-refractivity contribution in [1.82, 2.24) is 19.7 Å². The summed E-state index contributed by atoms with van der Waals surface area (Å²) in [6, 6.07) is 13.2. The Balaban J connectivity index is 1.49. The number of rotatable bonds is 5. The van der Waals surface area contributed by atoms with E-state index >= 15 is 0 Å². The Morgan fingerprint density at radius 2 is 1.86 bits per heavy atom. The zero-order chi connectivity index (χ0) is 20.4. The van der Waals surface area contributed by atoms with E-state index in [1.54, 1.807) is 0 Å². The number of ether oxygens (including phenoxy) is 1. The zero-order valence-corrected chi connectivity index (χ0v) is 17.9. The second kappa shape index (κ2) is 8.47. The van der Waals surface area contributed by atoms with E-state index in [1.165, 1.54) is 22.3 Å². The molecule has 5 heteroatoms. The molecular formula is C24H30N4O. The van der Waals surface area contributed by atoms with Crippen LogP contribution in [0.3, 0.4) is 0 Å². The molecule has 0 bridgehead atoms. The molecule has 29 heavy (non-hydrogen) atoms. The van der Waals surface area contributed by atoms with E-state index in [0.717, 1.165) is 49.7 Å². The van der Waals surface area contributed by atoms with Crippen LogP contribution in [0.25, 0.3) is 0 Å². The van der Waals surface area contributed by atoms with Gasteiger partial charge in [-0.15, -0.1) is 0 Å². The topological polar surface area (TPSA) is 43.2 Å². The van der Waals surface area contributed by atoms with Crippen LogP contribution in [0.2, 0.25) is 0 Å².